The summed E-state index contributed by atoms with van der Waals surface area (Å²) in [5, 5.41) is 1.43. The van der Waals surface area contributed by atoms with E-state index in [4.69, 9.17) is 4.79 Å². The summed E-state index contributed by atoms with van der Waals surface area (Å²) in [5.41, 5.74) is 1.82. The Kier molecular flexibility index (Phi) is 14.8. The minimum absolute atomic E-state index is 0. The minimum Gasteiger partial charge on any atom is -0.744 e. The maximum atomic E-state index is 12.1. The normalized spacial score (nSPS) is 10.9. The molecule has 0 saturated carbocycles. The first-order chi connectivity index (χ1) is 13.5. The summed E-state index contributed by atoms with van der Waals surface area (Å²) in [6, 6.07) is 9.46. The Bertz CT molecular complexity index is 834. The van der Waals surface area contributed by atoms with Crippen LogP contribution in [-0.2, 0) is 27.8 Å². The second-order valence-electron chi connectivity index (χ2n) is 7.14. The van der Waals surface area contributed by atoms with Crippen molar-refractivity contribution in [2.45, 2.75) is 83.0 Å². The van der Waals surface area contributed by atoms with Gasteiger partial charge in [0.05, 0.1) is 4.90 Å². The number of carbonyl (C=O) groups excluding carboxylic acids is 1. The third kappa shape index (κ3) is 8.89. The Hall–Kier alpha value is -0.720. The Balaban J connectivity index is 0.00000253. The van der Waals surface area contributed by atoms with E-state index in [9.17, 15) is 13.0 Å². The van der Waals surface area contributed by atoms with E-state index in [0.717, 1.165) is 61.5 Å². The smallest absolute Gasteiger partial charge is 0.744 e. The van der Waals surface area contributed by atoms with E-state index in [2.05, 4.69) is 19.9 Å². The summed E-state index contributed by atoms with van der Waals surface area (Å²) in [5.74, 6) is 0. The standard InChI is InChI=1S/C22H32O3S.CH2O.Na/c1-3-5-7-9-13-18-17-19-14-11-12-16-21(19)22(26(23,24)25)20(18)15-10-8-6-4-2;1-2;/h11-12,14,16-17H,3-10,13,15H2,1-2H3,(H,23,24,25);1H2;/q;;+1/p-1. The molecule has 0 aliphatic rings. The summed E-state index contributed by atoms with van der Waals surface area (Å²) in [4.78, 5) is 8.03. The van der Waals surface area contributed by atoms with Crippen molar-refractivity contribution in [2.24, 2.45) is 0 Å². The first-order valence-electron chi connectivity index (χ1n) is 10.3. The van der Waals surface area contributed by atoms with E-state index in [-0.39, 0.29) is 34.5 Å². The van der Waals surface area contributed by atoms with Gasteiger partial charge in [-0.05, 0) is 47.6 Å². The van der Waals surface area contributed by atoms with E-state index >= 15 is 0 Å². The van der Waals surface area contributed by atoms with Crippen molar-refractivity contribution in [3.63, 3.8) is 0 Å². The number of carbonyl (C=O) groups is 1. The molecular weight excluding hydrogens is 395 g/mol. The van der Waals surface area contributed by atoms with E-state index < -0.39 is 10.1 Å². The molecular formula is C23H33NaO4S. The third-order valence-corrected chi connectivity index (χ3v) is 5.99. The van der Waals surface area contributed by atoms with Crippen LogP contribution in [0.3, 0.4) is 0 Å². The van der Waals surface area contributed by atoms with Gasteiger partial charge < -0.3 is 9.35 Å². The van der Waals surface area contributed by atoms with Crippen molar-refractivity contribution in [1.29, 1.82) is 0 Å². The number of hydrogen-bond donors (Lipinski definition) is 0. The van der Waals surface area contributed by atoms with Gasteiger partial charge in [-0.3, -0.25) is 0 Å². The van der Waals surface area contributed by atoms with Crippen LogP contribution in [0.15, 0.2) is 35.2 Å². The molecule has 156 valence electrons. The largest absolute Gasteiger partial charge is 1.00 e. The van der Waals surface area contributed by atoms with E-state index in [1.165, 1.54) is 12.8 Å². The van der Waals surface area contributed by atoms with Crippen molar-refractivity contribution >= 4 is 27.7 Å². The van der Waals surface area contributed by atoms with Gasteiger partial charge in [-0.25, -0.2) is 8.42 Å². The van der Waals surface area contributed by atoms with Gasteiger partial charge in [0.1, 0.15) is 16.9 Å². The van der Waals surface area contributed by atoms with Gasteiger partial charge in [0, 0.05) is 0 Å². The fourth-order valence-electron chi connectivity index (χ4n) is 3.67. The number of rotatable bonds is 11. The molecule has 0 aliphatic carbocycles. The number of unbranched alkanes of at least 4 members (excludes halogenated alkanes) is 6. The summed E-state index contributed by atoms with van der Waals surface area (Å²) in [6.45, 7) is 6.33. The molecule has 0 fully saturated rings. The fraction of sp³-hybridized carbons (Fsp3) is 0.522. The molecule has 0 atom stereocenters. The van der Waals surface area contributed by atoms with Crippen molar-refractivity contribution in [1.82, 2.24) is 0 Å². The van der Waals surface area contributed by atoms with Crippen LogP contribution in [-0.4, -0.2) is 19.8 Å². The SMILES string of the molecule is C=O.CCCCCCc1cc2ccccc2c(S(=O)(=O)[O-])c1CCCCCC.[Na+]. The Morgan fingerprint density at radius 2 is 1.41 bits per heavy atom. The molecule has 0 unspecified atom stereocenters. The second kappa shape index (κ2) is 15.1. The van der Waals surface area contributed by atoms with Gasteiger partial charge in [-0.15, -0.1) is 0 Å². The zero-order valence-electron chi connectivity index (χ0n) is 18.2. The Morgan fingerprint density at radius 1 is 0.862 bits per heavy atom. The molecule has 0 aliphatic heterocycles. The average molecular weight is 429 g/mol. The maximum Gasteiger partial charge on any atom is 1.00 e. The van der Waals surface area contributed by atoms with Gasteiger partial charge >= 0.3 is 29.6 Å². The predicted molar refractivity (Wildman–Crippen MR) is 115 cm³/mol. The zero-order chi connectivity index (χ0) is 21.0. The molecule has 0 heterocycles. The molecule has 2 aromatic rings. The van der Waals surface area contributed by atoms with Gasteiger partial charge in [0.25, 0.3) is 0 Å². The molecule has 2 rings (SSSR count). The molecule has 0 amide bonds. The first kappa shape index (κ1) is 28.3. The van der Waals surface area contributed by atoms with Crippen LogP contribution in [0.1, 0.15) is 76.3 Å². The molecule has 2 aromatic carbocycles. The molecule has 6 heteroatoms. The predicted octanol–water partition coefficient (Wildman–Crippen LogP) is 2.81. The summed E-state index contributed by atoms with van der Waals surface area (Å²) in [6.07, 6.45) is 10.3. The molecule has 0 spiro atoms. The summed E-state index contributed by atoms with van der Waals surface area (Å²) < 4.78 is 36.4. The van der Waals surface area contributed by atoms with Crippen LogP contribution < -0.4 is 29.6 Å². The van der Waals surface area contributed by atoms with Crippen LogP contribution in [0.5, 0.6) is 0 Å². The summed E-state index contributed by atoms with van der Waals surface area (Å²) >= 11 is 0. The number of hydrogen-bond acceptors (Lipinski definition) is 4. The van der Waals surface area contributed by atoms with Crippen molar-refractivity contribution < 1.29 is 47.3 Å². The molecule has 0 aromatic heterocycles. The molecule has 0 N–H and O–H groups in total. The van der Waals surface area contributed by atoms with Gasteiger partial charge in [-0.1, -0.05) is 82.7 Å². The van der Waals surface area contributed by atoms with E-state index in [1.54, 1.807) is 12.1 Å². The zero-order valence-corrected chi connectivity index (χ0v) is 21.0. The van der Waals surface area contributed by atoms with Crippen molar-refractivity contribution in [3.05, 3.63) is 41.5 Å². The van der Waals surface area contributed by atoms with Crippen LogP contribution in [0, 0.1) is 0 Å². The van der Waals surface area contributed by atoms with Gasteiger partial charge in [-0.2, -0.15) is 0 Å². The molecule has 0 radical (unpaired) electrons. The second-order valence-corrected chi connectivity index (χ2v) is 8.46. The quantitative estimate of drug-likeness (QED) is 0.313. The number of aryl methyl sites for hydroxylation is 1. The average Bonchev–Trinajstić information content (AvgIpc) is 2.69. The van der Waals surface area contributed by atoms with Crippen LogP contribution >= 0.6 is 0 Å². The number of fused-ring (bicyclic) bond motifs is 1. The molecule has 0 saturated heterocycles. The van der Waals surface area contributed by atoms with Crippen molar-refractivity contribution in [3.8, 4) is 0 Å². The Morgan fingerprint density at radius 3 is 1.97 bits per heavy atom. The van der Waals surface area contributed by atoms with Crippen LogP contribution in [0.25, 0.3) is 10.8 Å². The topological polar surface area (TPSA) is 74.3 Å². The minimum atomic E-state index is -4.51. The fourth-order valence-corrected chi connectivity index (χ4v) is 4.66. The summed E-state index contributed by atoms with van der Waals surface area (Å²) in [7, 11) is -4.51. The molecule has 29 heavy (non-hydrogen) atoms. The maximum absolute atomic E-state index is 12.1. The Labute approximate surface area is 198 Å². The number of benzene rings is 2. The molecule has 0 bridgehead atoms. The van der Waals surface area contributed by atoms with Gasteiger partial charge in [0.15, 0.2) is 0 Å². The van der Waals surface area contributed by atoms with Gasteiger partial charge in [0.2, 0.25) is 0 Å². The monoisotopic (exact) mass is 428 g/mol. The van der Waals surface area contributed by atoms with E-state index in [1.807, 2.05) is 18.9 Å². The van der Waals surface area contributed by atoms with Crippen molar-refractivity contribution in [2.75, 3.05) is 0 Å². The molecule has 4 nitrogen and oxygen atoms in total. The van der Waals surface area contributed by atoms with E-state index in [0.29, 0.717) is 11.8 Å². The van der Waals surface area contributed by atoms with Crippen LogP contribution in [0.4, 0.5) is 0 Å². The van der Waals surface area contributed by atoms with Crippen LogP contribution in [0.2, 0.25) is 0 Å². The first-order valence-corrected chi connectivity index (χ1v) is 11.7. The third-order valence-electron chi connectivity index (χ3n) is 5.03.